The number of carbonyl (C=O) groups excluding carboxylic acids is 3. The summed E-state index contributed by atoms with van der Waals surface area (Å²) in [6.45, 7) is 3.57. The van der Waals surface area contributed by atoms with Crippen LogP contribution in [0.25, 0.3) is 0 Å². The second-order valence-electron chi connectivity index (χ2n) is 5.72. The molecule has 0 radical (unpaired) electrons. The lowest BCUT2D eigenvalue weighted by molar-refractivity contribution is -0.152. The molecule has 0 saturated heterocycles. The minimum absolute atomic E-state index is 0.139. The average Bonchev–Trinajstić information content (AvgIpc) is 2.60. The van der Waals surface area contributed by atoms with Gasteiger partial charge in [-0.2, -0.15) is 0 Å². The third-order valence-corrected chi connectivity index (χ3v) is 3.78. The molecule has 0 bridgehead atoms. The van der Waals surface area contributed by atoms with Crippen LogP contribution in [0.15, 0.2) is 30.3 Å². The Hall–Kier alpha value is -2.70. The first-order valence-electron chi connectivity index (χ1n) is 8.52. The molecule has 0 unspecified atom stereocenters. The molecule has 2 atom stereocenters. The van der Waals surface area contributed by atoms with Gasteiger partial charge in [0, 0.05) is 11.5 Å². The van der Waals surface area contributed by atoms with Gasteiger partial charge in [-0.1, -0.05) is 30.3 Å². The maximum atomic E-state index is 12.7. The van der Waals surface area contributed by atoms with E-state index in [0.717, 1.165) is 0 Å². The van der Waals surface area contributed by atoms with Crippen molar-refractivity contribution in [1.82, 2.24) is 0 Å². The molecule has 0 aliphatic carbocycles. The lowest BCUT2D eigenvalue weighted by atomic mass is 9.84. The van der Waals surface area contributed by atoms with Gasteiger partial charge >= 0.3 is 17.9 Å². The number of hydrogen-bond donors (Lipinski definition) is 1. The highest BCUT2D eigenvalue weighted by Gasteiger charge is 2.31. The maximum absolute atomic E-state index is 12.7. The van der Waals surface area contributed by atoms with Crippen molar-refractivity contribution in [1.29, 1.82) is 0 Å². The average molecular weight is 364 g/mol. The summed E-state index contributed by atoms with van der Waals surface area (Å²) in [5.41, 5.74) is 0.377. The molecule has 0 aromatic heterocycles. The van der Waals surface area contributed by atoms with E-state index in [2.05, 4.69) is 0 Å². The molecule has 0 aliphatic heterocycles. The Morgan fingerprint density at radius 1 is 0.885 bits per heavy atom. The van der Waals surface area contributed by atoms with Gasteiger partial charge in [-0.3, -0.25) is 19.2 Å². The Balaban J connectivity index is 2.97. The number of ether oxygens (including phenoxy) is 2. The van der Waals surface area contributed by atoms with Crippen LogP contribution in [0.3, 0.4) is 0 Å². The molecule has 0 amide bonds. The van der Waals surface area contributed by atoms with E-state index in [-0.39, 0.29) is 38.3 Å². The fourth-order valence-electron chi connectivity index (χ4n) is 2.58. The first-order valence-corrected chi connectivity index (χ1v) is 8.52. The van der Waals surface area contributed by atoms with Crippen molar-refractivity contribution in [2.45, 2.75) is 33.1 Å². The number of aliphatic carboxylic acids is 1. The van der Waals surface area contributed by atoms with Crippen LogP contribution in [0, 0.1) is 11.8 Å². The minimum Gasteiger partial charge on any atom is -0.481 e. The number of Topliss-reactive ketones (excluding diaryl/α,β-unsaturated/α-hetero) is 1. The fraction of sp³-hybridized carbons (Fsp3) is 0.474. The van der Waals surface area contributed by atoms with E-state index in [1.165, 1.54) is 0 Å². The van der Waals surface area contributed by atoms with Gasteiger partial charge in [0.05, 0.1) is 32.0 Å². The monoisotopic (exact) mass is 364 g/mol. The van der Waals surface area contributed by atoms with Gasteiger partial charge in [-0.15, -0.1) is 0 Å². The third-order valence-electron chi connectivity index (χ3n) is 3.78. The van der Waals surface area contributed by atoms with Crippen molar-refractivity contribution in [2.24, 2.45) is 11.8 Å². The second kappa shape index (κ2) is 11.0. The number of hydrogen-bond acceptors (Lipinski definition) is 6. The number of carboxylic acids is 1. The molecule has 0 aliphatic rings. The zero-order valence-electron chi connectivity index (χ0n) is 15.0. The van der Waals surface area contributed by atoms with Gasteiger partial charge in [-0.05, 0) is 20.3 Å². The standard InChI is InChI=1S/C19H24O7/c1-3-25-16(20)11-14(18(22)13-8-6-5-7-9-13)10-15(19(23)24)12-17(21)26-4-2/h5-9,14-15H,3-4,10-12H2,1-2H3,(H,23,24)/t14-,15+/m0/s1. The summed E-state index contributed by atoms with van der Waals surface area (Å²) in [6, 6.07) is 8.31. The van der Waals surface area contributed by atoms with Crippen LogP contribution in [0.4, 0.5) is 0 Å². The summed E-state index contributed by atoms with van der Waals surface area (Å²) in [5, 5.41) is 9.39. The predicted octanol–water partition coefficient (Wildman–Crippen LogP) is 2.48. The van der Waals surface area contributed by atoms with E-state index in [1.807, 2.05) is 0 Å². The van der Waals surface area contributed by atoms with Crippen LogP contribution < -0.4 is 0 Å². The first kappa shape index (κ1) is 21.3. The van der Waals surface area contributed by atoms with Gasteiger partial charge in [0.25, 0.3) is 0 Å². The molecule has 0 saturated carbocycles. The number of benzene rings is 1. The van der Waals surface area contributed by atoms with E-state index in [1.54, 1.807) is 44.2 Å². The molecule has 7 nitrogen and oxygen atoms in total. The number of carboxylic acid groups (broad SMARTS) is 1. The fourth-order valence-corrected chi connectivity index (χ4v) is 2.58. The number of carbonyl (C=O) groups is 4. The summed E-state index contributed by atoms with van der Waals surface area (Å²) in [5.74, 6) is -4.82. The summed E-state index contributed by atoms with van der Waals surface area (Å²) in [7, 11) is 0. The van der Waals surface area contributed by atoms with Gasteiger partial charge in [0.1, 0.15) is 0 Å². The Morgan fingerprint density at radius 3 is 1.85 bits per heavy atom. The van der Waals surface area contributed by atoms with E-state index >= 15 is 0 Å². The summed E-state index contributed by atoms with van der Waals surface area (Å²) < 4.78 is 9.68. The number of ketones is 1. The predicted molar refractivity (Wildman–Crippen MR) is 92.5 cm³/mol. The normalized spacial score (nSPS) is 12.7. The lowest BCUT2D eigenvalue weighted by Crippen LogP contribution is -2.28. The molecule has 26 heavy (non-hydrogen) atoms. The van der Waals surface area contributed by atoms with Crippen molar-refractivity contribution in [3.63, 3.8) is 0 Å². The number of rotatable bonds is 11. The van der Waals surface area contributed by atoms with Crippen LogP contribution >= 0.6 is 0 Å². The summed E-state index contributed by atoms with van der Waals surface area (Å²) in [4.78, 5) is 47.7. The van der Waals surface area contributed by atoms with Crippen molar-refractivity contribution in [3.8, 4) is 0 Å². The lowest BCUT2D eigenvalue weighted by Gasteiger charge is -2.19. The van der Waals surface area contributed by atoms with Gasteiger partial charge in [-0.25, -0.2) is 0 Å². The Bertz CT molecular complexity index is 624. The van der Waals surface area contributed by atoms with E-state index < -0.39 is 29.7 Å². The molecule has 1 N–H and O–H groups in total. The highest BCUT2D eigenvalue weighted by Crippen LogP contribution is 2.24. The highest BCUT2D eigenvalue weighted by molar-refractivity contribution is 5.99. The summed E-state index contributed by atoms with van der Waals surface area (Å²) >= 11 is 0. The first-order chi connectivity index (χ1) is 12.4. The van der Waals surface area contributed by atoms with Crippen molar-refractivity contribution < 1.29 is 33.8 Å². The smallest absolute Gasteiger partial charge is 0.307 e. The molecule has 0 heterocycles. The van der Waals surface area contributed by atoms with Crippen LogP contribution in [-0.4, -0.2) is 42.0 Å². The third kappa shape index (κ3) is 7.04. The van der Waals surface area contributed by atoms with Gasteiger partial charge in [0.15, 0.2) is 5.78 Å². The van der Waals surface area contributed by atoms with E-state index in [0.29, 0.717) is 5.56 Å². The van der Waals surface area contributed by atoms with Crippen molar-refractivity contribution in [2.75, 3.05) is 13.2 Å². The van der Waals surface area contributed by atoms with E-state index in [9.17, 15) is 24.3 Å². The SMILES string of the molecule is CCOC(=O)C[C@@H](C[C@@H](CC(=O)OCC)C(=O)c1ccccc1)C(=O)O. The largest absolute Gasteiger partial charge is 0.481 e. The molecule has 7 heteroatoms. The second-order valence-corrected chi connectivity index (χ2v) is 5.72. The molecular formula is C19H24O7. The molecule has 1 aromatic carbocycles. The molecule has 142 valence electrons. The maximum Gasteiger partial charge on any atom is 0.307 e. The molecule has 0 fully saturated rings. The molecule has 1 aromatic rings. The zero-order chi connectivity index (χ0) is 19.5. The van der Waals surface area contributed by atoms with Gasteiger partial charge in [0.2, 0.25) is 0 Å². The Morgan fingerprint density at radius 2 is 1.38 bits per heavy atom. The van der Waals surface area contributed by atoms with Crippen LogP contribution in [-0.2, 0) is 23.9 Å². The van der Waals surface area contributed by atoms with Crippen LogP contribution in [0.5, 0.6) is 0 Å². The minimum atomic E-state index is -1.22. The topological polar surface area (TPSA) is 107 Å². The van der Waals surface area contributed by atoms with Crippen LogP contribution in [0.1, 0.15) is 43.5 Å². The van der Waals surface area contributed by atoms with Crippen molar-refractivity contribution in [3.05, 3.63) is 35.9 Å². The summed E-state index contributed by atoms with van der Waals surface area (Å²) in [6.07, 6.45) is -0.751. The Kier molecular flexibility index (Phi) is 9.05. The number of esters is 2. The quantitative estimate of drug-likeness (QED) is 0.475. The zero-order valence-corrected chi connectivity index (χ0v) is 15.0. The van der Waals surface area contributed by atoms with E-state index in [4.69, 9.17) is 9.47 Å². The highest BCUT2D eigenvalue weighted by atomic mass is 16.5. The van der Waals surface area contributed by atoms with Crippen molar-refractivity contribution >= 4 is 23.7 Å². The Labute approximate surface area is 152 Å². The molecular weight excluding hydrogens is 340 g/mol. The van der Waals surface area contributed by atoms with Gasteiger partial charge < -0.3 is 14.6 Å². The van der Waals surface area contributed by atoms with Crippen LogP contribution in [0.2, 0.25) is 0 Å². The molecule has 1 rings (SSSR count). The molecule has 0 spiro atoms.